The van der Waals surface area contributed by atoms with Crippen LogP contribution in [0.3, 0.4) is 0 Å². The SMILES string of the molecule is CCOC(=O)/C=C/[C@H](C[C@@H]1CCN(Cc2ccc(OC)cc2OC)C1=O)NC(=O)[C@H](Cc1ccc(F)c(F)c1)n1cccc(NC(=O)c2cc(C)on2)c1=O. The summed E-state index contributed by atoms with van der Waals surface area (Å²) in [7, 11) is 3.06. The zero-order chi connectivity index (χ0) is 39.6. The Balaban J connectivity index is 1.42. The number of rotatable bonds is 16. The number of nitrogens with one attached hydrogen (secondary N) is 2. The second-order valence-electron chi connectivity index (χ2n) is 12.8. The molecule has 1 fully saturated rings. The summed E-state index contributed by atoms with van der Waals surface area (Å²) in [4.78, 5) is 68.6. The van der Waals surface area contributed by atoms with E-state index in [-0.39, 0.29) is 48.8 Å². The number of ether oxygens (including phenoxy) is 3. The molecule has 2 N–H and O–H groups in total. The van der Waals surface area contributed by atoms with E-state index in [1.807, 2.05) is 6.07 Å². The maximum Gasteiger partial charge on any atom is 0.330 e. The summed E-state index contributed by atoms with van der Waals surface area (Å²) in [5, 5.41) is 8.97. The number of anilines is 1. The van der Waals surface area contributed by atoms with Gasteiger partial charge in [-0.3, -0.25) is 19.2 Å². The summed E-state index contributed by atoms with van der Waals surface area (Å²) >= 11 is 0. The van der Waals surface area contributed by atoms with Gasteiger partial charge in [-0.1, -0.05) is 17.3 Å². The van der Waals surface area contributed by atoms with Crippen LogP contribution in [0.15, 0.2) is 82.3 Å². The Kier molecular flexibility index (Phi) is 13.2. The highest BCUT2D eigenvalue weighted by molar-refractivity contribution is 6.02. The van der Waals surface area contributed by atoms with Gasteiger partial charge < -0.3 is 38.8 Å². The Hall–Kier alpha value is -6.32. The first-order valence-corrected chi connectivity index (χ1v) is 17.4. The Bertz CT molecular complexity index is 2130. The molecule has 3 amide bonds. The summed E-state index contributed by atoms with van der Waals surface area (Å²) in [6.07, 6.45) is 4.12. The molecule has 0 unspecified atom stereocenters. The molecule has 2 aromatic carbocycles. The highest BCUT2D eigenvalue weighted by Crippen LogP contribution is 2.30. The molecule has 5 rings (SSSR count). The van der Waals surface area contributed by atoms with E-state index < -0.39 is 53.0 Å². The smallest absolute Gasteiger partial charge is 0.330 e. The van der Waals surface area contributed by atoms with Crippen LogP contribution in [0.5, 0.6) is 11.5 Å². The van der Waals surface area contributed by atoms with Crippen LogP contribution in [0.2, 0.25) is 0 Å². The third-order valence-electron chi connectivity index (χ3n) is 9.02. The predicted molar refractivity (Wildman–Crippen MR) is 194 cm³/mol. The number of nitrogens with zero attached hydrogens (tertiary/aromatic N) is 3. The highest BCUT2D eigenvalue weighted by atomic mass is 19.2. The van der Waals surface area contributed by atoms with Gasteiger partial charge in [0.1, 0.15) is 29.0 Å². The summed E-state index contributed by atoms with van der Waals surface area (Å²) in [5.41, 5.74) is -0.104. The number of hydrogen-bond acceptors (Lipinski definition) is 10. The van der Waals surface area contributed by atoms with Crippen LogP contribution in [0.25, 0.3) is 0 Å². The number of methoxy groups -OCH3 is 2. The van der Waals surface area contributed by atoms with Gasteiger partial charge in [-0.05, 0) is 68.7 Å². The molecule has 14 nitrogen and oxygen atoms in total. The van der Waals surface area contributed by atoms with Crippen molar-refractivity contribution >= 4 is 29.4 Å². The van der Waals surface area contributed by atoms with E-state index in [2.05, 4.69) is 15.8 Å². The quantitative estimate of drug-likeness (QED) is 0.122. The lowest BCUT2D eigenvalue weighted by Gasteiger charge is -2.25. The van der Waals surface area contributed by atoms with Gasteiger partial charge in [0.25, 0.3) is 11.5 Å². The third kappa shape index (κ3) is 10.0. The molecule has 0 saturated carbocycles. The minimum absolute atomic E-state index is 0.0801. The number of likely N-dealkylation sites (tertiary alicyclic amines) is 1. The minimum atomic E-state index is -1.37. The van der Waals surface area contributed by atoms with E-state index in [1.54, 1.807) is 30.9 Å². The van der Waals surface area contributed by atoms with Crippen molar-refractivity contribution in [1.29, 1.82) is 0 Å². The fourth-order valence-electron chi connectivity index (χ4n) is 6.24. The number of esters is 1. The molecule has 0 spiro atoms. The number of carbonyl (C=O) groups excluding carboxylic acids is 4. The Labute approximate surface area is 315 Å². The number of hydrogen-bond donors (Lipinski definition) is 2. The zero-order valence-electron chi connectivity index (χ0n) is 30.7. The van der Waals surface area contributed by atoms with Gasteiger partial charge in [0.05, 0.1) is 20.8 Å². The number of halogens is 2. The molecule has 0 aliphatic carbocycles. The van der Waals surface area contributed by atoms with E-state index in [0.717, 1.165) is 28.3 Å². The van der Waals surface area contributed by atoms with Crippen LogP contribution in [-0.4, -0.2) is 71.7 Å². The largest absolute Gasteiger partial charge is 0.497 e. The van der Waals surface area contributed by atoms with Gasteiger partial charge in [-0.2, -0.15) is 0 Å². The van der Waals surface area contributed by atoms with Crippen molar-refractivity contribution in [2.45, 2.75) is 51.7 Å². The molecule has 0 radical (unpaired) electrons. The summed E-state index contributed by atoms with van der Waals surface area (Å²) in [6, 6.07) is 10.3. The lowest BCUT2D eigenvalue weighted by atomic mass is 9.97. The Morgan fingerprint density at radius 2 is 1.85 bits per heavy atom. The molecule has 290 valence electrons. The van der Waals surface area contributed by atoms with Crippen molar-refractivity contribution in [1.82, 2.24) is 19.9 Å². The van der Waals surface area contributed by atoms with Crippen LogP contribution < -0.4 is 25.7 Å². The van der Waals surface area contributed by atoms with Crippen molar-refractivity contribution in [3.63, 3.8) is 0 Å². The van der Waals surface area contributed by atoms with Crippen LogP contribution in [0.4, 0.5) is 14.5 Å². The molecule has 0 bridgehead atoms. The second-order valence-corrected chi connectivity index (χ2v) is 12.8. The fourth-order valence-corrected chi connectivity index (χ4v) is 6.24. The van der Waals surface area contributed by atoms with Crippen molar-refractivity contribution in [3.8, 4) is 11.5 Å². The van der Waals surface area contributed by atoms with Gasteiger partial charge in [0.15, 0.2) is 17.3 Å². The number of benzene rings is 2. The Morgan fingerprint density at radius 3 is 2.55 bits per heavy atom. The molecular formula is C39H41F2N5O9. The molecule has 3 heterocycles. The number of aryl methyl sites for hydroxylation is 1. The molecule has 3 atom stereocenters. The van der Waals surface area contributed by atoms with Crippen molar-refractivity contribution in [3.05, 3.63) is 118 Å². The molecule has 16 heteroatoms. The van der Waals surface area contributed by atoms with Crippen LogP contribution in [-0.2, 0) is 32.1 Å². The number of aromatic nitrogens is 2. The Morgan fingerprint density at radius 1 is 1.05 bits per heavy atom. The van der Waals surface area contributed by atoms with E-state index in [0.29, 0.717) is 30.2 Å². The average Bonchev–Trinajstić information content (AvgIpc) is 3.76. The van der Waals surface area contributed by atoms with Gasteiger partial charge in [0.2, 0.25) is 11.8 Å². The van der Waals surface area contributed by atoms with Gasteiger partial charge in [-0.25, -0.2) is 13.6 Å². The van der Waals surface area contributed by atoms with E-state index in [4.69, 9.17) is 18.7 Å². The van der Waals surface area contributed by atoms with Crippen LogP contribution in [0.1, 0.15) is 53.2 Å². The first-order valence-electron chi connectivity index (χ1n) is 17.4. The van der Waals surface area contributed by atoms with E-state index >= 15 is 0 Å². The van der Waals surface area contributed by atoms with Crippen molar-refractivity contribution in [2.24, 2.45) is 5.92 Å². The summed E-state index contributed by atoms with van der Waals surface area (Å²) in [6.45, 7) is 4.02. The van der Waals surface area contributed by atoms with Crippen molar-refractivity contribution < 1.29 is 46.7 Å². The molecule has 55 heavy (non-hydrogen) atoms. The predicted octanol–water partition coefficient (Wildman–Crippen LogP) is 4.52. The zero-order valence-corrected chi connectivity index (χ0v) is 30.7. The molecule has 1 aliphatic heterocycles. The molecule has 4 aromatic rings. The van der Waals surface area contributed by atoms with Crippen molar-refractivity contribution in [2.75, 3.05) is 32.7 Å². The molecule has 1 aliphatic rings. The van der Waals surface area contributed by atoms with E-state index in [9.17, 15) is 32.8 Å². The first kappa shape index (κ1) is 39.9. The molecular weight excluding hydrogens is 720 g/mol. The fraction of sp³-hybridized carbons (Fsp3) is 0.333. The molecule has 1 saturated heterocycles. The lowest BCUT2D eigenvalue weighted by molar-refractivity contribution is -0.137. The first-order chi connectivity index (χ1) is 26.4. The third-order valence-corrected chi connectivity index (χ3v) is 9.02. The topological polar surface area (TPSA) is 171 Å². The normalized spacial score (nSPS) is 15.1. The minimum Gasteiger partial charge on any atom is -0.497 e. The standard InChI is InChI=1S/C39H41F2N5O9/c1-5-54-35(47)13-10-27(20-25-14-16-45(38(25)50)22-26-9-11-28(52-3)21-34(26)53-4)42-37(49)33(19-24-8-12-29(40)30(41)18-24)46-15-6-7-31(39(46)51)43-36(48)32-17-23(2)55-44-32/h6-13,15,17-18,21,25,27,33H,5,14,16,19-20,22H2,1-4H3,(H,42,49)(H,43,48)/b13-10+/t25-,27+,33-/m0/s1. The maximum absolute atomic E-state index is 14.3. The van der Waals surface area contributed by atoms with E-state index in [1.165, 1.54) is 50.8 Å². The highest BCUT2D eigenvalue weighted by Gasteiger charge is 2.35. The summed E-state index contributed by atoms with van der Waals surface area (Å²) < 4.78 is 50.0. The second kappa shape index (κ2) is 18.1. The lowest BCUT2D eigenvalue weighted by Crippen LogP contribution is -2.44. The monoisotopic (exact) mass is 761 g/mol. The number of pyridine rings is 1. The van der Waals surface area contributed by atoms with Crippen LogP contribution >= 0.6 is 0 Å². The maximum atomic E-state index is 14.3. The van der Waals surface area contributed by atoms with Crippen LogP contribution in [0, 0.1) is 24.5 Å². The number of carbonyl (C=O) groups is 4. The average molecular weight is 762 g/mol. The summed E-state index contributed by atoms with van der Waals surface area (Å²) in [5.74, 6) is -3.63. The van der Waals surface area contributed by atoms with Gasteiger partial charge in [-0.15, -0.1) is 0 Å². The molecule has 2 aromatic heterocycles. The van der Waals surface area contributed by atoms with Gasteiger partial charge in [0, 0.05) is 61.4 Å². The van der Waals surface area contributed by atoms with Gasteiger partial charge >= 0.3 is 5.97 Å². The number of amides is 3.